The maximum Gasteiger partial charge on any atom is 0.253 e. The molecular weight excluding hydrogens is 262 g/mol. The molecule has 1 amide bonds. The van der Waals surface area contributed by atoms with Gasteiger partial charge < -0.3 is 14.7 Å². The summed E-state index contributed by atoms with van der Waals surface area (Å²) < 4.78 is 5.23. The van der Waals surface area contributed by atoms with E-state index in [-0.39, 0.29) is 5.91 Å². The van der Waals surface area contributed by atoms with Gasteiger partial charge in [0.1, 0.15) is 0 Å². The number of nitrogens with zero attached hydrogens (tertiary/aromatic N) is 1. The van der Waals surface area contributed by atoms with E-state index in [2.05, 4.69) is 12.6 Å². The molecule has 0 aromatic heterocycles. The summed E-state index contributed by atoms with van der Waals surface area (Å²) in [5.74, 6) is -0.101. The highest BCUT2D eigenvalue weighted by Crippen LogP contribution is 2.22. The first-order valence-electron chi connectivity index (χ1n) is 6.35. The van der Waals surface area contributed by atoms with Gasteiger partial charge in [0.05, 0.1) is 5.60 Å². The molecule has 2 rings (SSSR count). The lowest BCUT2D eigenvalue weighted by atomic mass is 9.94. The number of hydrogen-bond donors (Lipinski definition) is 2. The molecule has 0 aliphatic carbocycles. The van der Waals surface area contributed by atoms with E-state index in [1.807, 2.05) is 6.07 Å². The summed E-state index contributed by atoms with van der Waals surface area (Å²) in [5.41, 5.74) is -0.244. The molecular formula is C14H19NO3S. The van der Waals surface area contributed by atoms with Gasteiger partial charge in [-0.05, 0) is 18.2 Å². The van der Waals surface area contributed by atoms with Crippen LogP contribution in [-0.2, 0) is 4.74 Å². The van der Waals surface area contributed by atoms with E-state index in [0.717, 1.165) is 4.90 Å². The first-order chi connectivity index (χ1) is 9.00. The molecule has 1 aliphatic heterocycles. The lowest BCUT2D eigenvalue weighted by Crippen LogP contribution is -2.47. The summed E-state index contributed by atoms with van der Waals surface area (Å²) in [5, 5.41) is 10.4. The van der Waals surface area contributed by atoms with Crippen LogP contribution >= 0.6 is 12.6 Å². The minimum atomic E-state index is -0.832. The molecule has 19 heavy (non-hydrogen) atoms. The van der Waals surface area contributed by atoms with Crippen molar-refractivity contribution in [3.8, 4) is 0 Å². The van der Waals surface area contributed by atoms with Gasteiger partial charge in [0.2, 0.25) is 0 Å². The number of rotatable bonds is 3. The van der Waals surface area contributed by atoms with Gasteiger partial charge in [-0.1, -0.05) is 6.07 Å². The highest BCUT2D eigenvalue weighted by molar-refractivity contribution is 7.80. The monoisotopic (exact) mass is 281 g/mol. The Bertz CT molecular complexity index is 458. The number of ether oxygens (including phenoxy) is 1. The molecule has 1 heterocycles. The Balaban J connectivity index is 2.03. The third kappa shape index (κ3) is 3.72. The Morgan fingerprint density at radius 3 is 2.79 bits per heavy atom. The van der Waals surface area contributed by atoms with Gasteiger partial charge in [0.25, 0.3) is 5.91 Å². The summed E-state index contributed by atoms with van der Waals surface area (Å²) >= 11 is 4.23. The fourth-order valence-electron chi connectivity index (χ4n) is 2.28. The largest absolute Gasteiger partial charge is 0.388 e. The van der Waals surface area contributed by atoms with E-state index in [9.17, 15) is 9.90 Å². The van der Waals surface area contributed by atoms with Gasteiger partial charge in [-0.25, -0.2) is 0 Å². The average molecular weight is 281 g/mol. The molecule has 4 nitrogen and oxygen atoms in total. The minimum absolute atomic E-state index is 0.101. The predicted octanol–water partition coefficient (Wildman–Crippen LogP) is 1.59. The third-order valence-corrected chi connectivity index (χ3v) is 3.67. The molecule has 1 aromatic carbocycles. The van der Waals surface area contributed by atoms with Gasteiger partial charge in [0, 0.05) is 50.1 Å². The van der Waals surface area contributed by atoms with E-state index < -0.39 is 5.60 Å². The zero-order valence-electron chi connectivity index (χ0n) is 11.0. The van der Waals surface area contributed by atoms with Gasteiger partial charge in [-0.15, -0.1) is 12.6 Å². The number of carbonyl (C=O) groups excluding carboxylic acids is 1. The highest BCUT2D eigenvalue weighted by atomic mass is 32.1. The third-order valence-electron chi connectivity index (χ3n) is 3.39. The van der Waals surface area contributed by atoms with Gasteiger partial charge in [0.15, 0.2) is 0 Å². The quantitative estimate of drug-likeness (QED) is 0.827. The van der Waals surface area contributed by atoms with E-state index in [1.54, 1.807) is 30.1 Å². The van der Waals surface area contributed by atoms with Gasteiger partial charge in [-0.2, -0.15) is 0 Å². The molecule has 1 saturated heterocycles. The molecule has 104 valence electrons. The van der Waals surface area contributed by atoms with Crippen molar-refractivity contribution >= 4 is 18.5 Å². The van der Waals surface area contributed by atoms with Crippen molar-refractivity contribution in [3.63, 3.8) is 0 Å². The van der Waals surface area contributed by atoms with Crippen molar-refractivity contribution in [2.75, 3.05) is 26.8 Å². The molecule has 0 spiro atoms. The van der Waals surface area contributed by atoms with Crippen LogP contribution < -0.4 is 0 Å². The van der Waals surface area contributed by atoms with Crippen LogP contribution in [-0.4, -0.2) is 48.3 Å². The molecule has 0 radical (unpaired) electrons. The lowest BCUT2D eigenvalue weighted by molar-refractivity contribution is -0.0734. The van der Waals surface area contributed by atoms with Crippen molar-refractivity contribution in [1.82, 2.24) is 4.90 Å². The normalized spacial score (nSPS) is 18.1. The van der Waals surface area contributed by atoms with Crippen LogP contribution in [0.3, 0.4) is 0 Å². The Morgan fingerprint density at radius 1 is 1.47 bits per heavy atom. The molecule has 1 aliphatic rings. The second-order valence-electron chi connectivity index (χ2n) is 5.05. The second-order valence-corrected chi connectivity index (χ2v) is 5.56. The molecule has 5 heteroatoms. The van der Waals surface area contributed by atoms with E-state index >= 15 is 0 Å². The summed E-state index contributed by atoms with van der Waals surface area (Å²) in [6.45, 7) is 1.42. The fraction of sp³-hybridized carbons (Fsp3) is 0.500. The van der Waals surface area contributed by atoms with Crippen LogP contribution in [0.1, 0.15) is 23.2 Å². The topological polar surface area (TPSA) is 49.8 Å². The molecule has 0 bridgehead atoms. The van der Waals surface area contributed by atoms with Crippen LogP contribution in [0.15, 0.2) is 29.2 Å². The number of hydrogen-bond acceptors (Lipinski definition) is 4. The summed E-state index contributed by atoms with van der Waals surface area (Å²) in [7, 11) is 1.71. The van der Waals surface area contributed by atoms with E-state index in [4.69, 9.17) is 4.74 Å². The molecule has 1 N–H and O–H groups in total. The van der Waals surface area contributed by atoms with E-state index in [1.165, 1.54) is 0 Å². The maximum absolute atomic E-state index is 12.3. The van der Waals surface area contributed by atoms with Crippen LogP contribution in [0.25, 0.3) is 0 Å². The minimum Gasteiger partial charge on any atom is -0.388 e. The van der Waals surface area contributed by atoms with Crippen LogP contribution in [0, 0.1) is 0 Å². The molecule has 1 fully saturated rings. The van der Waals surface area contributed by atoms with Gasteiger partial charge in [-0.3, -0.25) is 4.79 Å². The van der Waals surface area contributed by atoms with Crippen molar-refractivity contribution in [2.45, 2.75) is 23.3 Å². The average Bonchev–Trinajstić information content (AvgIpc) is 2.38. The standard InChI is InChI=1S/C14H19NO3S/c1-15(10-14(17)5-7-18-8-6-14)13(16)11-3-2-4-12(19)9-11/h2-4,9,17,19H,5-8,10H2,1H3. The SMILES string of the molecule is CN(CC1(O)CCOCC1)C(=O)c1cccc(S)c1. The molecule has 0 unspecified atom stereocenters. The first-order valence-corrected chi connectivity index (χ1v) is 6.79. The Hall–Kier alpha value is -1.04. The van der Waals surface area contributed by atoms with Crippen LogP contribution in [0.5, 0.6) is 0 Å². The predicted molar refractivity (Wildman–Crippen MR) is 75.7 cm³/mol. The number of likely N-dealkylation sites (N-methyl/N-ethyl adjacent to an activating group) is 1. The Labute approximate surface area is 118 Å². The first kappa shape index (κ1) is 14.4. The molecule has 0 saturated carbocycles. The van der Waals surface area contributed by atoms with Crippen LogP contribution in [0.2, 0.25) is 0 Å². The number of carbonyl (C=O) groups is 1. The van der Waals surface area contributed by atoms with Crippen molar-refractivity contribution in [1.29, 1.82) is 0 Å². The van der Waals surface area contributed by atoms with E-state index in [0.29, 0.717) is 38.2 Å². The Kier molecular flexibility index (Phi) is 4.50. The van der Waals surface area contributed by atoms with Crippen molar-refractivity contribution in [2.24, 2.45) is 0 Å². The molecule has 1 aromatic rings. The number of thiol groups is 1. The zero-order valence-corrected chi connectivity index (χ0v) is 11.9. The maximum atomic E-state index is 12.3. The van der Waals surface area contributed by atoms with Gasteiger partial charge >= 0.3 is 0 Å². The lowest BCUT2D eigenvalue weighted by Gasteiger charge is -2.35. The zero-order chi connectivity index (χ0) is 13.9. The number of aliphatic hydroxyl groups is 1. The number of benzene rings is 1. The summed E-state index contributed by atoms with van der Waals surface area (Å²) in [4.78, 5) is 14.6. The number of amides is 1. The summed E-state index contributed by atoms with van der Waals surface area (Å²) in [6, 6.07) is 7.11. The highest BCUT2D eigenvalue weighted by Gasteiger charge is 2.32. The van der Waals surface area contributed by atoms with Crippen molar-refractivity contribution < 1.29 is 14.6 Å². The molecule has 0 atom stereocenters. The smallest absolute Gasteiger partial charge is 0.253 e. The van der Waals surface area contributed by atoms with Crippen LogP contribution in [0.4, 0.5) is 0 Å². The summed E-state index contributed by atoms with van der Waals surface area (Å²) in [6.07, 6.45) is 1.13. The van der Waals surface area contributed by atoms with Crippen molar-refractivity contribution in [3.05, 3.63) is 29.8 Å². The Morgan fingerprint density at radius 2 is 2.16 bits per heavy atom. The second kappa shape index (κ2) is 5.94. The fourth-order valence-corrected chi connectivity index (χ4v) is 2.51.